The molecule has 0 radical (unpaired) electrons. The van der Waals surface area contributed by atoms with Gasteiger partial charge in [-0.05, 0) is 29.9 Å². The third kappa shape index (κ3) is 1.68. The number of ketones is 1. The minimum absolute atomic E-state index is 0.0261. The van der Waals surface area contributed by atoms with E-state index < -0.39 is 5.79 Å². The molecule has 1 aliphatic heterocycles. The molecule has 2 atom stereocenters. The largest absolute Gasteiger partial charge is 0.344 e. The first-order valence-electron chi connectivity index (χ1n) is 7.16. The van der Waals surface area contributed by atoms with Crippen LogP contribution in [0.4, 0.5) is 0 Å². The second-order valence-corrected chi connectivity index (χ2v) is 5.94. The van der Waals surface area contributed by atoms with Crippen molar-refractivity contribution < 1.29 is 14.3 Å². The second-order valence-electron chi connectivity index (χ2n) is 5.94. The zero-order valence-corrected chi connectivity index (χ0v) is 10.9. The Labute approximate surface area is 112 Å². The van der Waals surface area contributed by atoms with Crippen molar-refractivity contribution in [1.82, 2.24) is 0 Å². The van der Waals surface area contributed by atoms with Gasteiger partial charge in [-0.15, -0.1) is 0 Å². The molecule has 2 saturated carbocycles. The van der Waals surface area contributed by atoms with Crippen molar-refractivity contribution in [2.75, 3.05) is 0 Å². The molecule has 1 spiro atoms. The minimum atomic E-state index is -0.642. The van der Waals surface area contributed by atoms with Crippen LogP contribution in [0, 0.1) is 11.8 Å². The molecule has 0 saturated heterocycles. The highest BCUT2D eigenvalue weighted by atomic mass is 16.7. The lowest BCUT2D eigenvalue weighted by Gasteiger charge is -2.32. The predicted molar refractivity (Wildman–Crippen MR) is 69.2 cm³/mol. The fraction of sp³-hybridized carbons (Fsp3) is 0.562. The molecule has 2 fully saturated rings. The lowest BCUT2D eigenvalue weighted by atomic mass is 9.95. The molecule has 100 valence electrons. The molecule has 0 unspecified atom stereocenters. The molecule has 0 bridgehead atoms. The third-order valence-corrected chi connectivity index (χ3v) is 4.98. The van der Waals surface area contributed by atoms with Gasteiger partial charge in [-0.1, -0.05) is 24.3 Å². The summed E-state index contributed by atoms with van der Waals surface area (Å²) in [5.74, 6) is 0.154. The maximum atomic E-state index is 12.2. The normalized spacial score (nSPS) is 32.1. The highest BCUT2D eigenvalue weighted by Gasteiger charge is 2.57. The van der Waals surface area contributed by atoms with E-state index >= 15 is 0 Å². The Balaban J connectivity index is 1.66. The molecule has 1 aromatic carbocycles. The maximum absolute atomic E-state index is 12.2. The molecule has 19 heavy (non-hydrogen) atoms. The predicted octanol–water partition coefficient (Wildman–Crippen LogP) is 2.82. The number of carbonyl (C=O) groups is 1. The summed E-state index contributed by atoms with van der Waals surface area (Å²) in [6.07, 6.45) is 3.65. The van der Waals surface area contributed by atoms with E-state index in [-0.39, 0.29) is 5.92 Å². The average molecular weight is 258 g/mol. The molecule has 3 nitrogen and oxygen atoms in total. The van der Waals surface area contributed by atoms with Gasteiger partial charge in [0.05, 0.1) is 19.1 Å². The van der Waals surface area contributed by atoms with Crippen molar-refractivity contribution in [3.05, 3.63) is 35.4 Å². The van der Waals surface area contributed by atoms with Crippen LogP contribution >= 0.6 is 0 Å². The summed E-state index contributed by atoms with van der Waals surface area (Å²) < 4.78 is 12.2. The molecule has 1 heterocycles. The number of carbonyl (C=O) groups excluding carboxylic acids is 1. The fourth-order valence-electron chi connectivity index (χ4n) is 3.97. The summed E-state index contributed by atoms with van der Waals surface area (Å²) in [5, 5.41) is 0. The van der Waals surface area contributed by atoms with Gasteiger partial charge in [-0.3, -0.25) is 4.79 Å². The lowest BCUT2D eigenvalue weighted by molar-refractivity contribution is -0.259. The van der Waals surface area contributed by atoms with Crippen molar-refractivity contribution in [1.29, 1.82) is 0 Å². The number of fused-ring (bicyclic) bond motifs is 3. The molecule has 1 aromatic rings. The molecular weight excluding hydrogens is 240 g/mol. The summed E-state index contributed by atoms with van der Waals surface area (Å²) in [6, 6.07) is 8.22. The maximum Gasteiger partial charge on any atom is 0.179 e. The van der Waals surface area contributed by atoms with Crippen LogP contribution in [0.25, 0.3) is 0 Å². The van der Waals surface area contributed by atoms with Gasteiger partial charge >= 0.3 is 0 Å². The molecule has 3 aliphatic rings. The standard InChI is InChI=1S/C16H18O3/c17-14-6-5-11-7-8-16(15(11)14)18-9-12-3-1-2-4-13(12)10-19-16/h1-4,11,15H,5-10H2/t11-,15+/m0/s1. The van der Waals surface area contributed by atoms with Crippen LogP contribution in [0.5, 0.6) is 0 Å². The van der Waals surface area contributed by atoms with Crippen LogP contribution in [0.2, 0.25) is 0 Å². The van der Waals surface area contributed by atoms with Crippen LogP contribution in [0.15, 0.2) is 24.3 Å². The van der Waals surface area contributed by atoms with Crippen LogP contribution < -0.4 is 0 Å². The van der Waals surface area contributed by atoms with Crippen LogP contribution in [-0.4, -0.2) is 11.6 Å². The van der Waals surface area contributed by atoms with E-state index in [1.165, 1.54) is 11.1 Å². The summed E-state index contributed by atoms with van der Waals surface area (Å²) in [5.41, 5.74) is 2.38. The highest BCUT2D eigenvalue weighted by Crippen LogP contribution is 2.51. The number of ether oxygens (including phenoxy) is 2. The second kappa shape index (κ2) is 4.15. The van der Waals surface area contributed by atoms with Crippen LogP contribution in [0.3, 0.4) is 0 Å². The van der Waals surface area contributed by atoms with Gasteiger partial charge < -0.3 is 9.47 Å². The van der Waals surface area contributed by atoms with Gasteiger partial charge in [0.15, 0.2) is 5.79 Å². The van der Waals surface area contributed by atoms with E-state index in [4.69, 9.17) is 9.47 Å². The SMILES string of the molecule is O=C1CC[C@H]2CCC3(OCc4ccccc4CO3)[C@@H]12. The number of benzene rings is 1. The summed E-state index contributed by atoms with van der Waals surface area (Å²) in [7, 11) is 0. The van der Waals surface area contributed by atoms with Crippen molar-refractivity contribution >= 4 is 5.78 Å². The first-order chi connectivity index (χ1) is 9.28. The van der Waals surface area contributed by atoms with Gasteiger partial charge in [0.1, 0.15) is 5.78 Å². The van der Waals surface area contributed by atoms with Crippen molar-refractivity contribution in [2.45, 2.75) is 44.7 Å². The van der Waals surface area contributed by atoms with Gasteiger partial charge in [0, 0.05) is 12.8 Å². The Kier molecular flexibility index (Phi) is 2.54. The number of hydrogen-bond donors (Lipinski definition) is 0. The monoisotopic (exact) mass is 258 g/mol. The molecule has 0 aromatic heterocycles. The van der Waals surface area contributed by atoms with Crippen LogP contribution in [0.1, 0.15) is 36.8 Å². The fourth-order valence-corrected chi connectivity index (χ4v) is 3.97. The quantitative estimate of drug-likeness (QED) is 0.718. The molecule has 0 N–H and O–H groups in total. The average Bonchev–Trinajstić information content (AvgIpc) is 2.91. The van der Waals surface area contributed by atoms with E-state index in [1.54, 1.807) is 0 Å². The number of rotatable bonds is 0. The molecular formula is C16H18O3. The Morgan fingerprint density at radius 1 is 1.05 bits per heavy atom. The smallest absolute Gasteiger partial charge is 0.179 e. The Hall–Kier alpha value is -1.19. The summed E-state index contributed by atoms with van der Waals surface area (Å²) >= 11 is 0. The number of Topliss-reactive ketones (excluding diaryl/α,β-unsaturated/α-hetero) is 1. The summed E-state index contributed by atoms with van der Waals surface area (Å²) in [6.45, 7) is 1.12. The van der Waals surface area contributed by atoms with Gasteiger partial charge in [-0.2, -0.15) is 0 Å². The minimum Gasteiger partial charge on any atom is -0.344 e. The Morgan fingerprint density at radius 2 is 1.74 bits per heavy atom. The van der Waals surface area contributed by atoms with E-state index in [9.17, 15) is 4.79 Å². The zero-order chi connectivity index (χ0) is 12.9. The van der Waals surface area contributed by atoms with E-state index in [1.807, 2.05) is 12.1 Å². The first-order valence-corrected chi connectivity index (χ1v) is 7.16. The van der Waals surface area contributed by atoms with Gasteiger partial charge in [-0.25, -0.2) is 0 Å². The Bertz CT molecular complexity index is 495. The van der Waals surface area contributed by atoms with E-state index in [0.29, 0.717) is 31.3 Å². The van der Waals surface area contributed by atoms with E-state index in [0.717, 1.165) is 19.3 Å². The van der Waals surface area contributed by atoms with Gasteiger partial charge in [0.2, 0.25) is 0 Å². The first kappa shape index (κ1) is 11.6. The van der Waals surface area contributed by atoms with E-state index in [2.05, 4.69) is 12.1 Å². The van der Waals surface area contributed by atoms with Crippen molar-refractivity contribution in [3.8, 4) is 0 Å². The lowest BCUT2D eigenvalue weighted by Crippen LogP contribution is -2.42. The van der Waals surface area contributed by atoms with Crippen molar-refractivity contribution in [2.24, 2.45) is 11.8 Å². The zero-order valence-electron chi connectivity index (χ0n) is 10.9. The van der Waals surface area contributed by atoms with Crippen LogP contribution in [-0.2, 0) is 27.5 Å². The molecule has 0 amide bonds. The molecule has 2 aliphatic carbocycles. The topological polar surface area (TPSA) is 35.5 Å². The summed E-state index contributed by atoms with van der Waals surface area (Å²) in [4.78, 5) is 12.2. The third-order valence-electron chi connectivity index (χ3n) is 4.98. The van der Waals surface area contributed by atoms with Crippen molar-refractivity contribution in [3.63, 3.8) is 0 Å². The van der Waals surface area contributed by atoms with Gasteiger partial charge in [0.25, 0.3) is 0 Å². The highest BCUT2D eigenvalue weighted by molar-refractivity contribution is 5.84. The molecule has 4 rings (SSSR count). The molecule has 3 heteroatoms. The number of hydrogen-bond acceptors (Lipinski definition) is 3. The Morgan fingerprint density at radius 3 is 2.42 bits per heavy atom.